The molecule has 5 heteroatoms. The quantitative estimate of drug-likeness (QED) is 0.602. The number of thiocarbonyl (C=S) groups is 1. The number of pyridine rings is 1. The first-order valence-electron chi connectivity index (χ1n) is 3.53. The molecule has 0 amide bonds. The maximum absolute atomic E-state index is 5.74. The van der Waals surface area contributed by atoms with Crippen molar-refractivity contribution in [2.75, 3.05) is 0 Å². The van der Waals surface area contributed by atoms with E-state index in [1.807, 2.05) is 12.1 Å². The molecular weight excluding hydrogens is 224 g/mol. The minimum absolute atomic E-state index is 0.402. The summed E-state index contributed by atoms with van der Waals surface area (Å²) in [6, 6.07) is 5.52. The SMILES string of the molecule is NC(=S)c1cc2nc(Cl)ccc2s1. The number of thiophene rings is 1. The number of nitrogens with zero attached hydrogens (tertiary/aromatic N) is 1. The molecule has 0 aliphatic rings. The predicted molar refractivity (Wildman–Crippen MR) is 60.5 cm³/mol. The fourth-order valence-corrected chi connectivity index (χ4v) is 2.21. The second kappa shape index (κ2) is 3.21. The lowest BCUT2D eigenvalue weighted by molar-refractivity contribution is 1.43. The molecule has 66 valence electrons. The van der Waals surface area contributed by atoms with Crippen molar-refractivity contribution < 1.29 is 0 Å². The van der Waals surface area contributed by atoms with Crippen LogP contribution in [0.1, 0.15) is 4.88 Å². The number of aromatic nitrogens is 1. The first kappa shape index (κ1) is 8.87. The van der Waals surface area contributed by atoms with Crippen LogP contribution in [0.5, 0.6) is 0 Å². The highest BCUT2D eigenvalue weighted by Gasteiger charge is 2.04. The molecule has 2 nitrogen and oxygen atoms in total. The van der Waals surface area contributed by atoms with Gasteiger partial charge in [0.15, 0.2) is 0 Å². The van der Waals surface area contributed by atoms with E-state index >= 15 is 0 Å². The summed E-state index contributed by atoms with van der Waals surface area (Å²) in [6.45, 7) is 0. The van der Waals surface area contributed by atoms with Gasteiger partial charge in [0.05, 0.1) is 15.1 Å². The molecule has 0 aromatic carbocycles. The van der Waals surface area contributed by atoms with E-state index < -0.39 is 0 Å². The standard InChI is InChI=1S/C8H5ClN2S2/c9-7-2-1-5-4(11-7)3-6(13-5)8(10)12/h1-3H,(H2,10,12). The largest absolute Gasteiger partial charge is 0.389 e. The zero-order valence-corrected chi connectivity index (χ0v) is 8.84. The maximum atomic E-state index is 5.74. The van der Waals surface area contributed by atoms with Crippen molar-refractivity contribution >= 4 is 50.4 Å². The van der Waals surface area contributed by atoms with Gasteiger partial charge in [0.25, 0.3) is 0 Å². The molecule has 0 atom stereocenters. The van der Waals surface area contributed by atoms with E-state index in [9.17, 15) is 0 Å². The fourth-order valence-electron chi connectivity index (χ4n) is 1.02. The minimum atomic E-state index is 0.402. The van der Waals surface area contributed by atoms with Crippen molar-refractivity contribution in [1.82, 2.24) is 4.98 Å². The van der Waals surface area contributed by atoms with Gasteiger partial charge in [-0.1, -0.05) is 23.8 Å². The van der Waals surface area contributed by atoms with Crippen LogP contribution in [0, 0.1) is 0 Å². The van der Waals surface area contributed by atoms with Gasteiger partial charge >= 0.3 is 0 Å². The van der Waals surface area contributed by atoms with Gasteiger partial charge in [-0.05, 0) is 18.2 Å². The van der Waals surface area contributed by atoms with E-state index in [0.717, 1.165) is 15.1 Å². The molecule has 2 aromatic heterocycles. The normalized spacial score (nSPS) is 10.5. The van der Waals surface area contributed by atoms with Crippen molar-refractivity contribution in [2.24, 2.45) is 5.73 Å². The van der Waals surface area contributed by atoms with Gasteiger partial charge in [-0.15, -0.1) is 11.3 Å². The van der Waals surface area contributed by atoms with Crippen molar-refractivity contribution in [1.29, 1.82) is 0 Å². The monoisotopic (exact) mass is 228 g/mol. The third-order valence-corrected chi connectivity index (χ3v) is 3.26. The average molecular weight is 229 g/mol. The lowest BCUT2D eigenvalue weighted by Crippen LogP contribution is -2.06. The molecule has 2 heterocycles. The van der Waals surface area contributed by atoms with Crippen LogP contribution in [0.3, 0.4) is 0 Å². The van der Waals surface area contributed by atoms with Crippen LogP contribution in [0.4, 0.5) is 0 Å². The van der Waals surface area contributed by atoms with Gasteiger partial charge in [-0.3, -0.25) is 0 Å². The van der Waals surface area contributed by atoms with Crippen molar-refractivity contribution in [3.8, 4) is 0 Å². The second-order valence-corrected chi connectivity index (χ2v) is 4.40. The summed E-state index contributed by atoms with van der Waals surface area (Å²) in [6.07, 6.45) is 0. The third kappa shape index (κ3) is 1.65. The van der Waals surface area contributed by atoms with Crippen molar-refractivity contribution in [3.05, 3.63) is 28.2 Å². The van der Waals surface area contributed by atoms with Gasteiger partial charge < -0.3 is 5.73 Å². The Labute approximate surface area is 89.3 Å². The van der Waals surface area contributed by atoms with E-state index in [1.165, 1.54) is 11.3 Å². The number of hydrogen-bond acceptors (Lipinski definition) is 3. The summed E-state index contributed by atoms with van der Waals surface area (Å²) in [5.74, 6) is 0. The summed E-state index contributed by atoms with van der Waals surface area (Å²) < 4.78 is 1.05. The molecule has 2 N–H and O–H groups in total. The Balaban J connectivity index is 2.68. The highest BCUT2D eigenvalue weighted by Crippen LogP contribution is 2.25. The molecule has 0 radical (unpaired) electrons. The number of halogens is 1. The van der Waals surface area contributed by atoms with Gasteiger partial charge in [-0.25, -0.2) is 4.98 Å². The minimum Gasteiger partial charge on any atom is -0.389 e. The molecule has 0 aliphatic carbocycles. The Kier molecular flexibility index (Phi) is 2.19. The molecule has 13 heavy (non-hydrogen) atoms. The maximum Gasteiger partial charge on any atom is 0.129 e. The predicted octanol–water partition coefficient (Wildman–Crippen LogP) is 2.58. The van der Waals surface area contributed by atoms with E-state index in [1.54, 1.807) is 6.07 Å². The average Bonchev–Trinajstić information content (AvgIpc) is 2.46. The van der Waals surface area contributed by atoms with E-state index in [4.69, 9.17) is 29.6 Å². The molecule has 2 aromatic rings. The number of rotatable bonds is 1. The Morgan fingerprint density at radius 2 is 2.31 bits per heavy atom. The van der Waals surface area contributed by atoms with Gasteiger partial charge in [0, 0.05) is 0 Å². The van der Waals surface area contributed by atoms with Gasteiger partial charge in [-0.2, -0.15) is 0 Å². The zero-order chi connectivity index (χ0) is 9.42. The first-order chi connectivity index (χ1) is 6.16. The lowest BCUT2D eigenvalue weighted by Gasteiger charge is -1.87. The molecule has 2 rings (SSSR count). The van der Waals surface area contributed by atoms with Crippen LogP contribution in [0.2, 0.25) is 5.15 Å². The highest BCUT2D eigenvalue weighted by molar-refractivity contribution is 7.81. The summed E-state index contributed by atoms with van der Waals surface area (Å²) in [5, 5.41) is 0.486. The Bertz CT molecular complexity index is 478. The Hall–Kier alpha value is -0.710. The van der Waals surface area contributed by atoms with Gasteiger partial charge in [0.1, 0.15) is 10.1 Å². The van der Waals surface area contributed by atoms with Crippen LogP contribution in [-0.4, -0.2) is 9.97 Å². The molecule has 0 saturated heterocycles. The fraction of sp³-hybridized carbons (Fsp3) is 0. The van der Waals surface area contributed by atoms with Crippen LogP contribution in [0.25, 0.3) is 10.2 Å². The second-order valence-electron chi connectivity index (χ2n) is 2.49. The van der Waals surface area contributed by atoms with Crippen LogP contribution >= 0.6 is 35.2 Å². The van der Waals surface area contributed by atoms with Crippen LogP contribution in [-0.2, 0) is 0 Å². The smallest absolute Gasteiger partial charge is 0.129 e. The molecule has 0 fully saturated rings. The molecule has 0 bridgehead atoms. The topological polar surface area (TPSA) is 38.9 Å². The Morgan fingerprint density at radius 3 is 3.00 bits per heavy atom. The molecule has 0 saturated carbocycles. The third-order valence-electron chi connectivity index (χ3n) is 1.58. The van der Waals surface area contributed by atoms with E-state index in [-0.39, 0.29) is 0 Å². The Morgan fingerprint density at radius 1 is 1.54 bits per heavy atom. The van der Waals surface area contributed by atoms with Crippen molar-refractivity contribution in [2.45, 2.75) is 0 Å². The molecule has 0 unspecified atom stereocenters. The molecule has 0 spiro atoms. The first-order valence-corrected chi connectivity index (χ1v) is 5.13. The number of nitrogens with two attached hydrogens (primary N) is 1. The van der Waals surface area contributed by atoms with Gasteiger partial charge in [0.2, 0.25) is 0 Å². The summed E-state index contributed by atoms with van der Waals surface area (Å²) in [5.41, 5.74) is 6.34. The molecular formula is C8H5ClN2S2. The summed E-state index contributed by atoms with van der Waals surface area (Å²) >= 11 is 12.1. The summed E-state index contributed by atoms with van der Waals surface area (Å²) in [7, 11) is 0. The molecule has 0 aliphatic heterocycles. The van der Waals surface area contributed by atoms with E-state index in [2.05, 4.69) is 4.98 Å². The van der Waals surface area contributed by atoms with E-state index in [0.29, 0.717) is 10.1 Å². The van der Waals surface area contributed by atoms with Crippen molar-refractivity contribution in [3.63, 3.8) is 0 Å². The highest BCUT2D eigenvalue weighted by atomic mass is 35.5. The lowest BCUT2D eigenvalue weighted by atomic mass is 10.4. The number of fused-ring (bicyclic) bond motifs is 1. The number of hydrogen-bond donors (Lipinski definition) is 1. The zero-order valence-electron chi connectivity index (χ0n) is 6.45. The van der Waals surface area contributed by atoms with Crippen LogP contribution < -0.4 is 5.73 Å². The van der Waals surface area contributed by atoms with Crippen LogP contribution in [0.15, 0.2) is 18.2 Å². The summed E-state index contributed by atoms with van der Waals surface area (Å²) in [4.78, 5) is 5.42.